The van der Waals surface area contributed by atoms with Gasteiger partial charge in [0, 0.05) is 12.4 Å². The van der Waals surface area contributed by atoms with Crippen LogP contribution < -0.4 is 10.6 Å². The molecular weight excluding hydrogens is 284 g/mol. The molecule has 0 unspecified atom stereocenters. The largest absolute Gasteiger partial charge is 0.341 e. The topological polar surface area (TPSA) is 84.0 Å². The first kappa shape index (κ1) is 13.8. The summed E-state index contributed by atoms with van der Waals surface area (Å²) in [5.41, 5.74) is 0. The molecule has 2 aromatic rings. The first-order valence-corrected chi connectivity index (χ1v) is 7.25. The number of amides is 3. The van der Waals surface area contributed by atoms with E-state index in [1.165, 1.54) is 36.5 Å². The van der Waals surface area contributed by atoms with Crippen LogP contribution in [0.2, 0.25) is 0 Å². The normalized spacial score (nSPS) is 12.1. The maximum Gasteiger partial charge on any atom is 0.321 e. The maximum absolute atomic E-state index is 11.8. The van der Waals surface area contributed by atoms with E-state index >= 15 is 0 Å². The second-order valence-corrected chi connectivity index (χ2v) is 5.87. The maximum atomic E-state index is 11.8. The number of rotatable bonds is 3. The lowest BCUT2D eigenvalue weighted by Gasteiger charge is -2.10. The van der Waals surface area contributed by atoms with E-state index in [1.54, 1.807) is 6.92 Å². The summed E-state index contributed by atoms with van der Waals surface area (Å²) in [4.78, 5) is 32.0. The molecule has 2 aromatic heterocycles. The van der Waals surface area contributed by atoms with Gasteiger partial charge < -0.3 is 5.32 Å². The molecule has 0 aliphatic carbocycles. The molecule has 3 amide bonds. The van der Waals surface area contributed by atoms with Crippen molar-refractivity contribution in [1.82, 2.24) is 20.6 Å². The molecule has 0 aromatic carbocycles. The van der Waals surface area contributed by atoms with Gasteiger partial charge >= 0.3 is 6.03 Å². The molecule has 0 saturated heterocycles. The predicted molar refractivity (Wildman–Crippen MR) is 75.3 cm³/mol. The number of thioether (sulfide) groups is 1. The van der Waals surface area contributed by atoms with Gasteiger partial charge in [-0.05, 0) is 18.4 Å². The third-order valence-electron chi connectivity index (χ3n) is 2.35. The summed E-state index contributed by atoms with van der Waals surface area (Å²) in [6, 6.07) is 1.41. The van der Waals surface area contributed by atoms with Crippen LogP contribution in [0.15, 0.2) is 22.8 Å². The van der Waals surface area contributed by atoms with Gasteiger partial charge in [-0.1, -0.05) is 11.8 Å². The van der Waals surface area contributed by atoms with E-state index in [2.05, 4.69) is 20.6 Å². The summed E-state index contributed by atoms with van der Waals surface area (Å²) in [7, 11) is 1.46. The summed E-state index contributed by atoms with van der Waals surface area (Å²) in [5, 5.41) is 7.75. The minimum Gasteiger partial charge on any atom is -0.341 e. The number of carbonyl (C=O) groups is 2. The number of fused-ring (bicyclic) bond motifs is 1. The quantitative estimate of drug-likeness (QED) is 0.664. The van der Waals surface area contributed by atoms with Gasteiger partial charge in [-0.15, -0.1) is 11.3 Å². The highest BCUT2D eigenvalue weighted by Crippen LogP contribution is 2.30. The summed E-state index contributed by atoms with van der Waals surface area (Å²) < 4.78 is 0. The Kier molecular flexibility index (Phi) is 4.33. The molecule has 0 spiro atoms. The summed E-state index contributed by atoms with van der Waals surface area (Å²) >= 11 is 2.82. The van der Waals surface area contributed by atoms with Crippen molar-refractivity contribution in [3.05, 3.63) is 17.8 Å². The van der Waals surface area contributed by atoms with Gasteiger partial charge in [0.2, 0.25) is 5.91 Å². The van der Waals surface area contributed by atoms with Crippen molar-refractivity contribution in [2.24, 2.45) is 0 Å². The van der Waals surface area contributed by atoms with Crippen LogP contribution in [-0.2, 0) is 4.79 Å². The number of nitrogens with one attached hydrogen (secondary N) is 2. The van der Waals surface area contributed by atoms with E-state index < -0.39 is 11.3 Å². The van der Waals surface area contributed by atoms with E-state index in [4.69, 9.17) is 0 Å². The number of urea groups is 1. The molecule has 0 fully saturated rings. The Balaban J connectivity index is 2.10. The second kappa shape index (κ2) is 5.98. The zero-order valence-corrected chi connectivity index (χ0v) is 12.0. The molecule has 0 aliphatic heterocycles. The SMILES string of the molecule is CNC(=O)NC(=O)[C@@H](C)Sc1ncnc2sccc12. The number of aromatic nitrogens is 2. The Morgan fingerprint density at radius 2 is 2.21 bits per heavy atom. The molecular formula is C11H12N4O2S2. The van der Waals surface area contributed by atoms with Crippen molar-refractivity contribution in [3.63, 3.8) is 0 Å². The molecule has 0 radical (unpaired) electrons. The zero-order chi connectivity index (χ0) is 13.8. The fourth-order valence-electron chi connectivity index (χ4n) is 1.36. The lowest BCUT2D eigenvalue weighted by molar-refractivity contribution is -0.119. The summed E-state index contributed by atoms with van der Waals surface area (Å²) in [6.07, 6.45) is 1.48. The summed E-state index contributed by atoms with van der Waals surface area (Å²) in [5.74, 6) is -0.355. The Morgan fingerprint density at radius 1 is 1.42 bits per heavy atom. The van der Waals surface area contributed by atoms with Crippen LogP contribution in [0.3, 0.4) is 0 Å². The highest BCUT2D eigenvalue weighted by Gasteiger charge is 2.18. The Bertz CT molecular complexity index is 614. The fourth-order valence-corrected chi connectivity index (χ4v) is 3.06. The molecule has 8 heteroatoms. The first-order chi connectivity index (χ1) is 9.11. The minimum absolute atomic E-state index is 0.355. The van der Waals surface area contributed by atoms with Gasteiger partial charge in [-0.25, -0.2) is 14.8 Å². The number of carbonyl (C=O) groups excluding carboxylic acids is 2. The van der Waals surface area contributed by atoms with E-state index in [0.29, 0.717) is 0 Å². The number of thiophene rings is 1. The van der Waals surface area contributed by atoms with Crippen molar-refractivity contribution in [1.29, 1.82) is 0 Å². The van der Waals surface area contributed by atoms with Crippen LogP contribution in [0.4, 0.5) is 4.79 Å². The van der Waals surface area contributed by atoms with Gasteiger partial charge in [-0.3, -0.25) is 10.1 Å². The van der Waals surface area contributed by atoms with Crippen molar-refractivity contribution in [3.8, 4) is 0 Å². The molecule has 2 N–H and O–H groups in total. The van der Waals surface area contributed by atoms with Crippen LogP contribution in [-0.4, -0.2) is 34.2 Å². The van der Waals surface area contributed by atoms with Crippen molar-refractivity contribution < 1.29 is 9.59 Å². The van der Waals surface area contributed by atoms with Crippen LogP contribution in [0.1, 0.15) is 6.92 Å². The lowest BCUT2D eigenvalue weighted by Crippen LogP contribution is -2.41. The lowest BCUT2D eigenvalue weighted by atomic mass is 10.4. The van der Waals surface area contributed by atoms with Crippen molar-refractivity contribution in [2.45, 2.75) is 17.2 Å². The Labute approximate surface area is 118 Å². The molecule has 2 rings (SSSR count). The van der Waals surface area contributed by atoms with Crippen LogP contribution >= 0.6 is 23.1 Å². The van der Waals surface area contributed by atoms with Crippen molar-refractivity contribution in [2.75, 3.05) is 7.05 Å². The van der Waals surface area contributed by atoms with Crippen LogP contribution in [0, 0.1) is 0 Å². The molecule has 0 saturated carbocycles. The number of nitrogens with zero attached hydrogens (tertiary/aromatic N) is 2. The molecule has 100 valence electrons. The molecule has 6 nitrogen and oxygen atoms in total. The Hall–Kier alpha value is -1.67. The third kappa shape index (κ3) is 3.21. The Morgan fingerprint density at radius 3 is 2.95 bits per heavy atom. The van der Waals surface area contributed by atoms with E-state index in [1.807, 2.05) is 11.4 Å². The van der Waals surface area contributed by atoms with E-state index in [0.717, 1.165) is 15.2 Å². The predicted octanol–water partition coefficient (Wildman–Crippen LogP) is 1.63. The van der Waals surface area contributed by atoms with Crippen LogP contribution in [0.25, 0.3) is 10.2 Å². The average molecular weight is 296 g/mol. The fraction of sp³-hybridized carbons (Fsp3) is 0.273. The first-order valence-electron chi connectivity index (χ1n) is 5.49. The number of hydrogen-bond acceptors (Lipinski definition) is 6. The van der Waals surface area contributed by atoms with Gasteiger partial charge in [0.1, 0.15) is 16.2 Å². The molecule has 0 bridgehead atoms. The third-order valence-corrected chi connectivity index (χ3v) is 4.28. The molecule has 1 atom stereocenters. The highest BCUT2D eigenvalue weighted by molar-refractivity contribution is 8.00. The number of hydrogen-bond donors (Lipinski definition) is 2. The summed E-state index contributed by atoms with van der Waals surface area (Å²) in [6.45, 7) is 1.73. The minimum atomic E-state index is -0.513. The second-order valence-electron chi connectivity index (χ2n) is 3.65. The zero-order valence-electron chi connectivity index (χ0n) is 10.3. The number of imide groups is 1. The monoisotopic (exact) mass is 296 g/mol. The van der Waals surface area contributed by atoms with Crippen molar-refractivity contribution >= 4 is 45.3 Å². The highest BCUT2D eigenvalue weighted by atomic mass is 32.2. The molecule has 2 heterocycles. The van der Waals surface area contributed by atoms with Crippen LogP contribution in [0.5, 0.6) is 0 Å². The smallest absolute Gasteiger partial charge is 0.321 e. The average Bonchev–Trinajstić information content (AvgIpc) is 2.87. The molecule has 0 aliphatic rings. The standard InChI is InChI=1S/C11H12N4O2S2/c1-6(8(16)15-11(17)12-2)19-10-7-3-4-18-9(7)13-5-14-10/h3-6H,1-2H3,(H2,12,15,16,17)/t6-/m1/s1. The van der Waals surface area contributed by atoms with E-state index in [9.17, 15) is 9.59 Å². The molecule has 19 heavy (non-hydrogen) atoms. The van der Waals surface area contributed by atoms with E-state index in [-0.39, 0.29) is 5.91 Å². The van der Waals surface area contributed by atoms with Gasteiger partial charge in [0.15, 0.2) is 0 Å². The van der Waals surface area contributed by atoms with Gasteiger partial charge in [-0.2, -0.15) is 0 Å². The van der Waals surface area contributed by atoms with Gasteiger partial charge in [0.05, 0.1) is 5.25 Å². The van der Waals surface area contributed by atoms with Gasteiger partial charge in [0.25, 0.3) is 0 Å².